The van der Waals surface area contributed by atoms with E-state index in [1.807, 2.05) is 36.5 Å². The van der Waals surface area contributed by atoms with Gasteiger partial charge < -0.3 is 24.6 Å². The molecule has 166 valence electrons. The van der Waals surface area contributed by atoms with Gasteiger partial charge in [0.1, 0.15) is 5.75 Å². The highest BCUT2D eigenvalue weighted by Gasteiger charge is 2.41. The summed E-state index contributed by atoms with van der Waals surface area (Å²) in [5.41, 5.74) is 3.08. The summed E-state index contributed by atoms with van der Waals surface area (Å²) in [7, 11) is 0. The first-order valence-corrected chi connectivity index (χ1v) is 11.4. The summed E-state index contributed by atoms with van der Waals surface area (Å²) in [4.78, 5) is 9.35. The third-order valence-electron chi connectivity index (χ3n) is 6.17. The molecule has 4 heterocycles. The van der Waals surface area contributed by atoms with E-state index in [-0.39, 0.29) is 17.8 Å². The number of phenolic OH excluding ortho intramolecular Hbond substituents is 1. The Kier molecular flexibility index (Phi) is 6.07. The van der Waals surface area contributed by atoms with Crippen LogP contribution in [0.4, 0.5) is 0 Å². The molecule has 8 heteroatoms. The highest BCUT2D eigenvalue weighted by atomic mass is 32.1. The molecule has 1 aromatic carbocycles. The van der Waals surface area contributed by atoms with Gasteiger partial charge in [-0.2, -0.15) is 0 Å². The lowest BCUT2D eigenvalue weighted by Crippen LogP contribution is -2.42. The van der Waals surface area contributed by atoms with E-state index in [0.717, 1.165) is 61.6 Å². The van der Waals surface area contributed by atoms with Gasteiger partial charge in [-0.3, -0.25) is 9.88 Å². The van der Waals surface area contributed by atoms with Gasteiger partial charge in [-0.05, 0) is 60.7 Å². The van der Waals surface area contributed by atoms with E-state index in [4.69, 9.17) is 17.0 Å². The van der Waals surface area contributed by atoms with Crippen molar-refractivity contribution in [3.05, 3.63) is 78.4 Å². The van der Waals surface area contributed by atoms with Crippen LogP contribution in [0.15, 0.2) is 67.0 Å². The van der Waals surface area contributed by atoms with Gasteiger partial charge in [0.2, 0.25) is 0 Å². The Labute approximate surface area is 193 Å². The maximum Gasteiger partial charge on any atom is 0.170 e. The summed E-state index contributed by atoms with van der Waals surface area (Å²) in [5, 5.41) is 14.0. The van der Waals surface area contributed by atoms with Crippen molar-refractivity contribution < 1.29 is 9.84 Å². The molecule has 0 saturated carbocycles. The smallest absolute Gasteiger partial charge is 0.170 e. The molecule has 2 aliphatic heterocycles. The van der Waals surface area contributed by atoms with Gasteiger partial charge in [-0.1, -0.05) is 6.07 Å². The third kappa shape index (κ3) is 4.21. The van der Waals surface area contributed by atoms with Crippen molar-refractivity contribution in [3.63, 3.8) is 0 Å². The predicted octanol–water partition coefficient (Wildman–Crippen LogP) is 2.88. The number of rotatable bonds is 6. The van der Waals surface area contributed by atoms with Crippen LogP contribution >= 0.6 is 12.2 Å². The van der Waals surface area contributed by atoms with Gasteiger partial charge in [0.05, 0.1) is 31.0 Å². The van der Waals surface area contributed by atoms with Crippen molar-refractivity contribution >= 4 is 17.3 Å². The molecule has 2 saturated heterocycles. The van der Waals surface area contributed by atoms with E-state index < -0.39 is 0 Å². The standard InChI is InChI=1S/C24H27N5O2S/c30-19-8-6-18(7-9-19)28-11-3-5-21(28)23-22(20-4-1-2-10-25-20)26-24(32)29(23)13-12-27-14-16-31-17-15-27/h1-11,22-23,30H,12-17H2,(H,26,32)/t22-,23+/m0/s1. The Morgan fingerprint density at radius 2 is 1.84 bits per heavy atom. The highest BCUT2D eigenvalue weighted by molar-refractivity contribution is 7.80. The topological polar surface area (TPSA) is 65.8 Å². The van der Waals surface area contributed by atoms with Crippen molar-refractivity contribution in [1.82, 2.24) is 24.7 Å². The number of phenols is 1. The molecule has 0 aliphatic carbocycles. The Balaban J connectivity index is 1.49. The van der Waals surface area contributed by atoms with Gasteiger partial charge in [0, 0.05) is 50.0 Å². The molecule has 2 fully saturated rings. The second kappa shape index (κ2) is 9.28. The van der Waals surface area contributed by atoms with Gasteiger partial charge in [-0.15, -0.1) is 0 Å². The molecule has 2 aromatic heterocycles. The predicted molar refractivity (Wildman–Crippen MR) is 127 cm³/mol. The van der Waals surface area contributed by atoms with Crippen molar-refractivity contribution in [2.24, 2.45) is 0 Å². The normalized spacial score (nSPS) is 21.6. The zero-order chi connectivity index (χ0) is 21.9. The molecule has 0 radical (unpaired) electrons. The number of ether oxygens (including phenoxy) is 1. The highest BCUT2D eigenvalue weighted by Crippen LogP contribution is 2.39. The van der Waals surface area contributed by atoms with Crippen molar-refractivity contribution in [1.29, 1.82) is 0 Å². The molecule has 0 unspecified atom stereocenters. The summed E-state index contributed by atoms with van der Waals surface area (Å²) in [6.45, 7) is 5.22. The molecule has 2 aliphatic rings. The minimum Gasteiger partial charge on any atom is -0.508 e. The SMILES string of the molecule is Oc1ccc(-n2cccc2[C@@H]2[C@H](c3ccccn3)NC(=S)N2CCN2CCOCC2)cc1. The second-order valence-corrected chi connectivity index (χ2v) is 8.48. The Bertz CT molecular complexity index is 1050. The largest absolute Gasteiger partial charge is 0.508 e. The van der Waals surface area contributed by atoms with Crippen LogP contribution in [0.1, 0.15) is 23.5 Å². The average Bonchev–Trinajstić information content (AvgIpc) is 3.43. The molecule has 0 amide bonds. The minimum absolute atomic E-state index is 0.0118. The number of hydrogen-bond donors (Lipinski definition) is 2. The monoisotopic (exact) mass is 449 g/mol. The summed E-state index contributed by atoms with van der Waals surface area (Å²) < 4.78 is 7.66. The second-order valence-electron chi connectivity index (χ2n) is 8.09. The van der Waals surface area contributed by atoms with Gasteiger partial charge >= 0.3 is 0 Å². The number of hydrogen-bond acceptors (Lipinski definition) is 5. The quantitative estimate of drug-likeness (QED) is 0.561. The zero-order valence-corrected chi connectivity index (χ0v) is 18.6. The molecular weight excluding hydrogens is 422 g/mol. The van der Waals surface area contributed by atoms with Crippen molar-refractivity contribution in [3.8, 4) is 11.4 Å². The van der Waals surface area contributed by atoms with Crippen LogP contribution in [-0.2, 0) is 4.74 Å². The van der Waals surface area contributed by atoms with Crippen LogP contribution < -0.4 is 5.32 Å². The van der Waals surface area contributed by atoms with Gasteiger partial charge in [0.15, 0.2) is 5.11 Å². The van der Waals surface area contributed by atoms with E-state index in [1.54, 1.807) is 12.1 Å². The van der Waals surface area contributed by atoms with Crippen LogP contribution in [0, 0.1) is 0 Å². The summed E-state index contributed by atoms with van der Waals surface area (Å²) in [6, 6.07) is 17.4. The number of thiocarbonyl (C=S) groups is 1. The fourth-order valence-corrected chi connectivity index (χ4v) is 4.86. The molecule has 0 spiro atoms. The third-order valence-corrected chi connectivity index (χ3v) is 6.52. The Morgan fingerprint density at radius 3 is 2.59 bits per heavy atom. The number of aromatic hydroxyl groups is 1. The van der Waals surface area contributed by atoms with E-state index >= 15 is 0 Å². The average molecular weight is 450 g/mol. The van der Waals surface area contributed by atoms with Crippen LogP contribution in [-0.4, -0.2) is 69.0 Å². The molecule has 7 nitrogen and oxygen atoms in total. The molecule has 2 N–H and O–H groups in total. The number of aromatic nitrogens is 2. The van der Waals surface area contributed by atoms with Crippen molar-refractivity contribution in [2.75, 3.05) is 39.4 Å². The van der Waals surface area contributed by atoms with Gasteiger partial charge in [0.25, 0.3) is 0 Å². The number of morpholine rings is 1. The number of nitrogens with one attached hydrogen (secondary N) is 1. The maximum atomic E-state index is 9.73. The summed E-state index contributed by atoms with van der Waals surface area (Å²) >= 11 is 5.81. The lowest BCUT2D eigenvalue weighted by molar-refractivity contribution is 0.0349. The summed E-state index contributed by atoms with van der Waals surface area (Å²) in [5.74, 6) is 0.254. The number of benzene rings is 1. The summed E-state index contributed by atoms with van der Waals surface area (Å²) in [6.07, 6.45) is 3.88. The van der Waals surface area contributed by atoms with Crippen LogP contribution in [0.25, 0.3) is 5.69 Å². The maximum absolute atomic E-state index is 9.73. The van der Waals surface area contributed by atoms with E-state index in [1.165, 1.54) is 0 Å². The van der Waals surface area contributed by atoms with Crippen LogP contribution in [0.5, 0.6) is 5.75 Å². The first kappa shape index (κ1) is 20.9. The van der Waals surface area contributed by atoms with Crippen LogP contribution in [0.2, 0.25) is 0 Å². The molecule has 2 atom stereocenters. The van der Waals surface area contributed by atoms with E-state index in [9.17, 15) is 5.11 Å². The molecule has 3 aromatic rings. The van der Waals surface area contributed by atoms with Gasteiger partial charge in [-0.25, -0.2) is 0 Å². The fraction of sp³-hybridized carbons (Fsp3) is 0.333. The van der Waals surface area contributed by atoms with E-state index in [0.29, 0.717) is 0 Å². The lowest BCUT2D eigenvalue weighted by Gasteiger charge is -2.32. The molecule has 5 rings (SSSR count). The first-order valence-electron chi connectivity index (χ1n) is 11.0. The first-order chi connectivity index (χ1) is 15.7. The lowest BCUT2D eigenvalue weighted by atomic mass is 10.0. The molecule has 0 bridgehead atoms. The van der Waals surface area contributed by atoms with Crippen molar-refractivity contribution in [2.45, 2.75) is 12.1 Å². The van der Waals surface area contributed by atoms with Crippen LogP contribution in [0.3, 0.4) is 0 Å². The Hall–Kier alpha value is -2.94. The number of pyridine rings is 1. The molecule has 32 heavy (non-hydrogen) atoms. The van der Waals surface area contributed by atoms with E-state index in [2.05, 4.69) is 43.0 Å². The molecular formula is C24H27N5O2S. The number of nitrogens with zero attached hydrogens (tertiary/aromatic N) is 4. The minimum atomic E-state index is -0.0563. The fourth-order valence-electron chi connectivity index (χ4n) is 4.53. The Morgan fingerprint density at radius 1 is 1.03 bits per heavy atom. The zero-order valence-electron chi connectivity index (χ0n) is 17.8.